The number of hydrogen-bond donors (Lipinski definition) is 2. The van der Waals surface area contributed by atoms with Crippen molar-refractivity contribution in [3.05, 3.63) is 34.9 Å². The molecule has 1 aromatic carbocycles. The van der Waals surface area contributed by atoms with Crippen LogP contribution in [0.3, 0.4) is 0 Å². The summed E-state index contributed by atoms with van der Waals surface area (Å²) in [5, 5.41) is 12.7. The summed E-state index contributed by atoms with van der Waals surface area (Å²) < 4.78 is 0. The standard InChI is InChI=1S/C13H19NO/c1-9-4-3-5-12-11(9)6-7-13(12)14-8-10(2)15/h3-5,10,13-15H,6-8H2,1-2H3/t10-,13?/m1/s1. The molecule has 2 heteroatoms. The van der Waals surface area contributed by atoms with Crippen molar-refractivity contribution in [1.82, 2.24) is 5.32 Å². The third kappa shape index (κ3) is 2.21. The molecule has 0 radical (unpaired) electrons. The minimum absolute atomic E-state index is 0.265. The third-order valence-corrected chi connectivity index (χ3v) is 3.16. The molecule has 0 fully saturated rings. The fraction of sp³-hybridized carbons (Fsp3) is 0.538. The average molecular weight is 205 g/mol. The Morgan fingerprint density at radius 1 is 1.53 bits per heavy atom. The van der Waals surface area contributed by atoms with Gasteiger partial charge in [-0.25, -0.2) is 0 Å². The number of aliphatic hydroxyl groups excluding tert-OH is 1. The number of fused-ring (bicyclic) bond motifs is 1. The van der Waals surface area contributed by atoms with Crippen LogP contribution in [-0.4, -0.2) is 17.8 Å². The number of benzene rings is 1. The minimum Gasteiger partial charge on any atom is -0.392 e. The predicted octanol–water partition coefficient (Wildman–Crippen LogP) is 1.95. The fourth-order valence-corrected chi connectivity index (χ4v) is 2.36. The van der Waals surface area contributed by atoms with Crippen molar-refractivity contribution in [3.8, 4) is 0 Å². The molecule has 82 valence electrons. The Kier molecular flexibility index (Phi) is 3.08. The smallest absolute Gasteiger partial charge is 0.0636 e. The van der Waals surface area contributed by atoms with E-state index >= 15 is 0 Å². The van der Waals surface area contributed by atoms with E-state index in [1.165, 1.54) is 23.1 Å². The molecular weight excluding hydrogens is 186 g/mol. The van der Waals surface area contributed by atoms with Crippen LogP contribution in [0.25, 0.3) is 0 Å². The summed E-state index contributed by atoms with van der Waals surface area (Å²) in [4.78, 5) is 0. The van der Waals surface area contributed by atoms with Crippen molar-refractivity contribution < 1.29 is 5.11 Å². The van der Waals surface area contributed by atoms with Gasteiger partial charge in [-0.15, -0.1) is 0 Å². The van der Waals surface area contributed by atoms with Crippen molar-refractivity contribution in [2.75, 3.05) is 6.54 Å². The van der Waals surface area contributed by atoms with E-state index in [0.717, 1.165) is 6.42 Å². The highest BCUT2D eigenvalue weighted by Gasteiger charge is 2.22. The van der Waals surface area contributed by atoms with Crippen molar-refractivity contribution in [2.24, 2.45) is 0 Å². The lowest BCUT2D eigenvalue weighted by Gasteiger charge is -2.15. The van der Waals surface area contributed by atoms with Gasteiger partial charge < -0.3 is 10.4 Å². The Bertz CT molecular complexity index is 346. The lowest BCUT2D eigenvalue weighted by molar-refractivity contribution is 0.186. The van der Waals surface area contributed by atoms with E-state index in [1.807, 2.05) is 6.92 Å². The monoisotopic (exact) mass is 205 g/mol. The number of aryl methyl sites for hydroxylation is 1. The molecule has 1 aromatic rings. The highest BCUT2D eigenvalue weighted by atomic mass is 16.3. The van der Waals surface area contributed by atoms with Gasteiger partial charge in [-0.3, -0.25) is 0 Å². The summed E-state index contributed by atoms with van der Waals surface area (Å²) >= 11 is 0. The van der Waals surface area contributed by atoms with Crippen molar-refractivity contribution in [3.63, 3.8) is 0 Å². The third-order valence-electron chi connectivity index (χ3n) is 3.16. The first-order valence-corrected chi connectivity index (χ1v) is 5.68. The van der Waals surface area contributed by atoms with E-state index in [9.17, 15) is 5.11 Å². The van der Waals surface area contributed by atoms with Gasteiger partial charge in [-0.2, -0.15) is 0 Å². The van der Waals surface area contributed by atoms with Crippen LogP contribution in [0.15, 0.2) is 18.2 Å². The Labute approximate surface area is 91.3 Å². The zero-order valence-corrected chi connectivity index (χ0v) is 9.46. The van der Waals surface area contributed by atoms with Gasteiger partial charge in [0.25, 0.3) is 0 Å². The Balaban J connectivity index is 2.11. The Morgan fingerprint density at radius 2 is 2.33 bits per heavy atom. The minimum atomic E-state index is -0.265. The van der Waals surface area contributed by atoms with Gasteiger partial charge in [0.2, 0.25) is 0 Å². The second-order valence-corrected chi connectivity index (χ2v) is 4.49. The van der Waals surface area contributed by atoms with Crippen LogP contribution in [0, 0.1) is 6.92 Å². The van der Waals surface area contributed by atoms with Crippen LogP contribution in [0.1, 0.15) is 36.1 Å². The zero-order valence-electron chi connectivity index (χ0n) is 9.46. The molecule has 1 aliphatic rings. The molecule has 2 nitrogen and oxygen atoms in total. The molecule has 0 saturated heterocycles. The summed E-state index contributed by atoms with van der Waals surface area (Å²) in [6, 6.07) is 6.94. The summed E-state index contributed by atoms with van der Waals surface area (Å²) in [6.45, 7) is 4.67. The van der Waals surface area contributed by atoms with Crippen molar-refractivity contribution >= 4 is 0 Å². The topological polar surface area (TPSA) is 32.3 Å². The van der Waals surface area contributed by atoms with Crippen LogP contribution in [0.2, 0.25) is 0 Å². The van der Waals surface area contributed by atoms with E-state index in [-0.39, 0.29) is 6.10 Å². The maximum atomic E-state index is 9.25. The summed E-state index contributed by atoms with van der Waals surface area (Å²) in [6.07, 6.45) is 2.06. The number of aliphatic hydroxyl groups is 1. The molecule has 1 unspecified atom stereocenters. The number of nitrogens with one attached hydrogen (secondary N) is 1. The second kappa shape index (κ2) is 4.33. The Morgan fingerprint density at radius 3 is 3.07 bits per heavy atom. The molecule has 0 amide bonds. The summed E-state index contributed by atoms with van der Waals surface area (Å²) in [5.41, 5.74) is 4.32. The first-order valence-electron chi connectivity index (χ1n) is 5.68. The molecule has 0 spiro atoms. The molecule has 2 N–H and O–H groups in total. The highest BCUT2D eigenvalue weighted by Crippen LogP contribution is 2.32. The normalized spacial score (nSPS) is 21.4. The van der Waals surface area contributed by atoms with Gasteiger partial charge in [-0.1, -0.05) is 18.2 Å². The van der Waals surface area contributed by atoms with Gasteiger partial charge in [0.05, 0.1) is 6.10 Å². The molecule has 0 saturated carbocycles. The van der Waals surface area contributed by atoms with Gasteiger partial charge in [-0.05, 0) is 43.4 Å². The lowest BCUT2D eigenvalue weighted by Crippen LogP contribution is -2.27. The molecule has 2 rings (SSSR count). The number of hydrogen-bond acceptors (Lipinski definition) is 2. The van der Waals surface area contributed by atoms with Crippen LogP contribution in [0.4, 0.5) is 0 Å². The second-order valence-electron chi connectivity index (χ2n) is 4.49. The summed E-state index contributed by atoms with van der Waals surface area (Å²) in [7, 11) is 0. The van der Waals surface area contributed by atoms with Gasteiger partial charge >= 0.3 is 0 Å². The highest BCUT2D eigenvalue weighted by molar-refractivity contribution is 5.40. The Hall–Kier alpha value is -0.860. The lowest BCUT2D eigenvalue weighted by atomic mass is 10.0. The first-order chi connectivity index (χ1) is 7.18. The number of rotatable bonds is 3. The van der Waals surface area contributed by atoms with Crippen LogP contribution >= 0.6 is 0 Å². The van der Waals surface area contributed by atoms with E-state index in [2.05, 4.69) is 30.4 Å². The maximum absolute atomic E-state index is 9.25. The fourth-order valence-electron chi connectivity index (χ4n) is 2.36. The maximum Gasteiger partial charge on any atom is 0.0636 e. The van der Waals surface area contributed by atoms with Crippen LogP contribution < -0.4 is 5.32 Å². The molecule has 1 aliphatic carbocycles. The van der Waals surface area contributed by atoms with Crippen molar-refractivity contribution in [2.45, 2.75) is 38.8 Å². The molecule has 0 aliphatic heterocycles. The average Bonchev–Trinajstić information content (AvgIpc) is 2.59. The SMILES string of the molecule is Cc1cccc2c1CCC2NC[C@@H](C)O. The van der Waals surface area contributed by atoms with Gasteiger partial charge in [0.1, 0.15) is 0 Å². The zero-order chi connectivity index (χ0) is 10.8. The molecule has 0 aromatic heterocycles. The molecule has 0 heterocycles. The van der Waals surface area contributed by atoms with Crippen LogP contribution in [-0.2, 0) is 6.42 Å². The predicted molar refractivity (Wildman–Crippen MR) is 61.9 cm³/mol. The molecule has 2 atom stereocenters. The van der Waals surface area contributed by atoms with E-state index in [0.29, 0.717) is 12.6 Å². The van der Waals surface area contributed by atoms with Crippen LogP contribution in [0.5, 0.6) is 0 Å². The van der Waals surface area contributed by atoms with Gasteiger partial charge in [0.15, 0.2) is 0 Å². The van der Waals surface area contributed by atoms with E-state index in [4.69, 9.17) is 0 Å². The summed E-state index contributed by atoms with van der Waals surface area (Å²) in [5.74, 6) is 0. The first kappa shape index (κ1) is 10.7. The molecule has 0 bridgehead atoms. The largest absolute Gasteiger partial charge is 0.392 e. The van der Waals surface area contributed by atoms with Crippen molar-refractivity contribution in [1.29, 1.82) is 0 Å². The molecule has 15 heavy (non-hydrogen) atoms. The quantitative estimate of drug-likeness (QED) is 0.790. The van der Waals surface area contributed by atoms with E-state index < -0.39 is 0 Å². The van der Waals surface area contributed by atoms with E-state index in [1.54, 1.807) is 0 Å². The molecular formula is C13H19NO. The van der Waals surface area contributed by atoms with Gasteiger partial charge in [0, 0.05) is 12.6 Å².